The van der Waals surface area contributed by atoms with Crippen molar-refractivity contribution in [3.63, 3.8) is 0 Å². The molecule has 0 atom stereocenters. The van der Waals surface area contributed by atoms with Gasteiger partial charge < -0.3 is 0 Å². The molecule has 11 aromatic heterocycles. The molecule has 0 spiro atoms. The predicted molar refractivity (Wildman–Crippen MR) is 508 cm³/mol. The Morgan fingerprint density at radius 1 is 0.168 bits per heavy atom. The molecule has 0 radical (unpaired) electrons. The van der Waals surface area contributed by atoms with E-state index in [9.17, 15) is 0 Å². The molecule has 0 fully saturated rings. The number of pyridine rings is 7. The second-order valence-electron chi connectivity index (χ2n) is 32.2. The fraction of sp³-hybridized carbons (Fsp3) is 0.356. The maximum atomic E-state index is 4.18. The molecule has 0 aliphatic carbocycles. The molecule has 0 N–H and O–H groups in total. The van der Waals surface area contributed by atoms with Gasteiger partial charge in [0.05, 0.1) is 16.7 Å². The number of fused-ring (bicyclic) bond motifs is 4. The summed E-state index contributed by atoms with van der Waals surface area (Å²) in [7, 11) is 0. The van der Waals surface area contributed by atoms with Crippen LogP contribution in [0.25, 0.3) is 43.4 Å². The van der Waals surface area contributed by atoms with Crippen molar-refractivity contribution in [2.24, 2.45) is 23.7 Å². The summed E-state index contributed by atoms with van der Waals surface area (Å²) in [5, 5.41) is 7.29. The highest BCUT2D eigenvalue weighted by molar-refractivity contribution is 5.82. The molecule has 0 aliphatic heterocycles. The SMILES string of the molecule is CC(C)C.CC(C)C.CC(C)C.CC(C)C.CC(C)c1ccccn1.CC(C)c1cccnc1.CC(C)c1ccncc1.CC(C)c1ccncn1.CC(C)c1cnccn1.CC(C)c1cncnc1.CC(C)c1ncccn1.c1ccc2cnccc2c1.c1ccc2cnccc2c1.c1ccc2ncccc2c1.c1ccc2ncccc2c1. The quantitative estimate of drug-likeness (QED) is 0.146. The van der Waals surface area contributed by atoms with E-state index in [1.54, 1.807) is 56.0 Å². The summed E-state index contributed by atoms with van der Waals surface area (Å²) in [4.78, 5) is 60.4. The molecular weight excluding hydrogens is 1460 g/mol. The number of benzene rings is 4. The maximum Gasteiger partial charge on any atom is 0.130 e. The van der Waals surface area contributed by atoms with Crippen LogP contribution in [0.1, 0.15) is 261 Å². The van der Waals surface area contributed by atoms with E-state index in [-0.39, 0.29) is 0 Å². The Bertz CT molecular complexity index is 3780. The van der Waals surface area contributed by atoms with Gasteiger partial charge in [0.15, 0.2) is 0 Å². The standard InChI is InChI=1S/4C9H7N.3C8H11N.4C7H10N2.4C4H10/c2*1-2-6-9-8(4-1)5-3-7-10-9;2*1-2-4-9-7-10-6-5-8(9)3-1;1-7(2)8-3-5-9-6-4-8;1-7(2)8-4-3-5-9-6-8;1-7(2)8-5-3-4-6-9-8;1-6(2)7-3-8-5-9-4-7;1-6(2)7-5-8-3-4-9-7;1-6(2)7-3-4-8-5-9-7;1-6(2)7-8-4-3-5-9-7;4*1-4(2)3/h4*1-7H;3*3-7H,1-2H3;4*3-6H,1-2H3;4*4H,1-3H3. The number of para-hydroxylation sites is 2. The first-order valence-corrected chi connectivity index (χ1v) is 41.8. The van der Waals surface area contributed by atoms with Crippen molar-refractivity contribution in [2.75, 3.05) is 0 Å². The highest BCUT2D eigenvalue weighted by Gasteiger charge is 2.02. The van der Waals surface area contributed by atoms with Crippen LogP contribution >= 0.6 is 0 Å². The van der Waals surface area contributed by atoms with Crippen LogP contribution in [0.3, 0.4) is 0 Å². The number of aromatic nitrogens is 15. The van der Waals surface area contributed by atoms with Gasteiger partial charge in [0.1, 0.15) is 18.5 Å². The molecule has 15 aromatic rings. The third-order valence-corrected chi connectivity index (χ3v) is 14.8. The second-order valence-corrected chi connectivity index (χ2v) is 32.2. The summed E-state index contributed by atoms with van der Waals surface area (Å²) in [6.07, 6.45) is 37.5. The molecule has 0 unspecified atom stereocenters. The van der Waals surface area contributed by atoms with Gasteiger partial charge in [-0.3, -0.25) is 44.9 Å². The van der Waals surface area contributed by atoms with Crippen molar-refractivity contribution in [2.45, 2.75) is 221 Å². The van der Waals surface area contributed by atoms with Gasteiger partial charge in [0, 0.05) is 146 Å². The van der Waals surface area contributed by atoms with Gasteiger partial charge in [0.2, 0.25) is 0 Å². The van der Waals surface area contributed by atoms with Crippen LogP contribution in [0.2, 0.25) is 0 Å². The highest BCUT2D eigenvalue weighted by atomic mass is 14.9. The van der Waals surface area contributed by atoms with Gasteiger partial charge in [-0.2, -0.15) is 0 Å². The Labute approximate surface area is 717 Å². The second kappa shape index (κ2) is 66.3. The largest absolute Gasteiger partial charge is 0.265 e. The molecule has 15 nitrogen and oxygen atoms in total. The molecule has 15 rings (SSSR count). The lowest BCUT2D eigenvalue weighted by Crippen LogP contribution is -1.93. The van der Waals surface area contributed by atoms with E-state index >= 15 is 0 Å². The molecule has 632 valence electrons. The Hall–Kier alpha value is -11.7. The lowest BCUT2D eigenvalue weighted by Gasteiger charge is -2.01. The molecule has 0 amide bonds. The van der Waals surface area contributed by atoms with Crippen LogP contribution in [0.5, 0.6) is 0 Å². The molecule has 0 saturated carbocycles. The molecule has 0 aliphatic rings. The zero-order valence-corrected chi connectivity index (χ0v) is 76.6. The topological polar surface area (TPSA) is 193 Å². The monoisotopic (exact) mass is 1600 g/mol. The summed E-state index contributed by atoms with van der Waals surface area (Å²) in [6.45, 7) is 55.8. The zero-order valence-electron chi connectivity index (χ0n) is 76.6. The minimum atomic E-state index is 0.436. The number of nitrogens with zero attached hydrogens (tertiary/aromatic N) is 15. The van der Waals surface area contributed by atoms with Crippen molar-refractivity contribution in [1.29, 1.82) is 0 Å². The van der Waals surface area contributed by atoms with E-state index in [4.69, 9.17) is 0 Å². The minimum absolute atomic E-state index is 0.436. The van der Waals surface area contributed by atoms with Crippen LogP contribution in [-0.2, 0) is 0 Å². The van der Waals surface area contributed by atoms with Crippen LogP contribution in [0.15, 0.2) is 318 Å². The van der Waals surface area contributed by atoms with Crippen molar-refractivity contribution >= 4 is 43.4 Å². The molecule has 11 heterocycles. The van der Waals surface area contributed by atoms with E-state index in [1.807, 2.05) is 208 Å². The van der Waals surface area contributed by atoms with Crippen LogP contribution < -0.4 is 0 Å². The van der Waals surface area contributed by atoms with E-state index in [1.165, 1.54) is 49.0 Å². The first kappa shape index (κ1) is 105. The maximum absolute atomic E-state index is 4.18. The highest BCUT2D eigenvalue weighted by Crippen LogP contribution is 2.16. The Morgan fingerprint density at radius 3 is 0.832 bits per heavy atom. The predicted octanol–water partition coefficient (Wildman–Crippen LogP) is 28.6. The Morgan fingerprint density at radius 2 is 0.521 bits per heavy atom. The summed E-state index contributed by atoms with van der Waals surface area (Å²) in [5.74, 6) is 7.97. The summed E-state index contributed by atoms with van der Waals surface area (Å²) >= 11 is 0. The fourth-order valence-corrected chi connectivity index (χ4v) is 8.74. The first-order valence-electron chi connectivity index (χ1n) is 41.8. The van der Waals surface area contributed by atoms with Crippen molar-refractivity contribution in [3.8, 4) is 0 Å². The fourth-order valence-electron chi connectivity index (χ4n) is 8.74. The third kappa shape index (κ3) is 55.5. The van der Waals surface area contributed by atoms with Gasteiger partial charge in [-0.1, -0.05) is 289 Å². The average molecular weight is 1600 g/mol. The summed E-state index contributed by atoms with van der Waals surface area (Å²) in [6, 6.07) is 62.5. The first-order chi connectivity index (χ1) is 56.9. The van der Waals surface area contributed by atoms with E-state index in [0.717, 1.165) is 57.6 Å². The van der Waals surface area contributed by atoms with Gasteiger partial charge in [-0.25, -0.2) is 29.9 Å². The lowest BCUT2D eigenvalue weighted by atomic mass is 10.1. The molecular formula is C104H141N15. The molecule has 15 heteroatoms. The lowest BCUT2D eigenvalue weighted by molar-refractivity contribution is 0.736. The van der Waals surface area contributed by atoms with Crippen molar-refractivity contribution < 1.29 is 0 Å². The summed E-state index contributed by atoms with van der Waals surface area (Å²) < 4.78 is 0. The van der Waals surface area contributed by atoms with E-state index in [0.29, 0.717) is 41.4 Å². The van der Waals surface area contributed by atoms with Crippen molar-refractivity contribution in [1.82, 2.24) is 74.8 Å². The zero-order chi connectivity index (χ0) is 88.4. The number of hydrogen-bond acceptors (Lipinski definition) is 15. The molecule has 119 heavy (non-hydrogen) atoms. The normalized spacial score (nSPS) is 9.92. The third-order valence-electron chi connectivity index (χ3n) is 14.8. The van der Waals surface area contributed by atoms with Gasteiger partial charge >= 0.3 is 0 Å². The Balaban J connectivity index is 0.000000643. The van der Waals surface area contributed by atoms with Gasteiger partial charge in [-0.05, 0) is 176 Å². The number of hydrogen-bond donors (Lipinski definition) is 0. The van der Waals surface area contributed by atoms with E-state index in [2.05, 4.69) is 309 Å². The van der Waals surface area contributed by atoms with Crippen LogP contribution in [0, 0.1) is 23.7 Å². The minimum Gasteiger partial charge on any atom is -0.265 e. The van der Waals surface area contributed by atoms with Gasteiger partial charge in [0.25, 0.3) is 0 Å². The van der Waals surface area contributed by atoms with Gasteiger partial charge in [-0.15, -0.1) is 0 Å². The Kier molecular flexibility index (Phi) is 58.7. The van der Waals surface area contributed by atoms with Crippen LogP contribution in [-0.4, -0.2) is 74.8 Å². The van der Waals surface area contributed by atoms with Crippen LogP contribution in [0.4, 0.5) is 0 Å². The van der Waals surface area contributed by atoms with E-state index < -0.39 is 0 Å². The number of rotatable bonds is 7. The smallest absolute Gasteiger partial charge is 0.130 e. The molecule has 0 bridgehead atoms. The molecule has 0 saturated heterocycles. The average Bonchev–Trinajstić information content (AvgIpc) is 0.880. The van der Waals surface area contributed by atoms with Crippen molar-refractivity contribution in [3.05, 3.63) is 358 Å². The summed E-state index contributed by atoms with van der Waals surface area (Å²) in [5.41, 5.74) is 9.29. The molecule has 4 aromatic carbocycles.